The molecule has 0 unspecified atom stereocenters. The lowest BCUT2D eigenvalue weighted by molar-refractivity contribution is 0.102. The number of benzene rings is 2. The molecule has 10 heteroatoms. The summed E-state index contributed by atoms with van der Waals surface area (Å²) in [6, 6.07) is 13.0. The standard InChI is InChI=1S/C23H25FN4O3S2/c1-33(30,31)27-17-13-11-16(12-14-17)21(29)15-32-23-26-25-22(19-9-5-6-10-20(19)24)28(23)18-7-3-2-4-8-18/h5-6,9-14,18,27H,2-4,7-8,15H2,1H3. The number of anilines is 1. The van der Waals surface area contributed by atoms with E-state index in [0.717, 1.165) is 31.9 Å². The number of hydrogen-bond donors (Lipinski definition) is 1. The molecule has 0 atom stereocenters. The summed E-state index contributed by atoms with van der Waals surface area (Å²) in [4.78, 5) is 12.8. The molecule has 33 heavy (non-hydrogen) atoms. The van der Waals surface area contributed by atoms with Crippen LogP contribution in [0.25, 0.3) is 11.4 Å². The summed E-state index contributed by atoms with van der Waals surface area (Å²) in [6.45, 7) is 0. The Balaban J connectivity index is 1.54. The lowest BCUT2D eigenvalue weighted by Crippen LogP contribution is -2.16. The van der Waals surface area contributed by atoms with Crippen LogP contribution in [0.1, 0.15) is 48.5 Å². The van der Waals surface area contributed by atoms with Crippen LogP contribution in [0.2, 0.25) is 0 Å². The summed E-state index contributed by atoms with van der Waals surface area (Å²) in [5.74, 6) is 0.168. The van der Waals surface area contributed by atoms with Crippen LogP contribution in [0.15, 0.2) is 53.7 Å². The highest BCUT2D eigenvalue weighted by Gasteiger charge is 2.25. The maximum atomic E-state index is 14.5. The number of ketones is 1. The maximum absolute atomic E-state index is 14.5. The molecular formula is C23H25FN4O3S2. The van der Waals surface area contributed by atoms with Crippen molar-refractivity contribution in [2.45, 2.75) is 43.3 Å². The molecule has 7 nitrogen and oxygen atoms in total. The summed E-state index contributed by atoms with van der Waals surface area (Å²) < 4.78 is 41.6. The highest BCUT2D eigenvalue weighted by atomic mass is 32.2. The van der Waals surface area contributed by atoms with Crippen LogP contribution in [0.4, 0.5) is 10.1 Å². The van der Waals surface area contributed by atoms with Gasteiger partial charge in [0.05, 0.1) is 17.6 Å². The third-order valence-corrected chi connectivity index (χ3v) is 7.11. The van der Waals surface area contributed by atoms with Gasteiger partial charge in [-0.05, 0) is 49.2 Å². The van der Waals surface area contributed by atoms with Gasteiger partial charge in [0.15, 0.2) is 16.8 Å². The topological polar surface area (TPSA) is 93.9 Å². The predicted molar refractivity (Wildman–Crippen MR) is 128 cm³/mol. The van der Waals surface area contributed by atoms with E-state index in [-0.39, 0.29) is 23.4 Å². The molecule has 2 aromatic carbocycles. The number of carbonyl (C=O) groups is 1. The Hall–Kier alpha value is -2.72. The lowest BCUT2D eigenvalue weighted by atomic mass is 9.95. The van der Waals surface area contributed by atoms with Crippen LogP contribution < -0.4 is 4.72 Å². The fourth-order valence-corrected chi connectivity index (χ4v) is 5.49. The average Bonchev–Trinajstić information content (AvgIpc) is 3.21. The molecule has 1 aliphatic carbocycles. The van der Waals surface area contributed by atoms with Crippen molar-refractivity contribution >= 4 is 33.3 Å². The third-order valence-electron chi connectivity index (χ3n) is 5.56. The SMILES string of the molecule is CS(=O)(=O)Nc1ccc(C(=O)CSc2nnc(-c3ccccc3F)n2C2CCCCC2)cc1. The fourth-order valence-electron chi connectivity index (χ4n) is 4.02. The minimum absolute atomic E-state index is 0.114. The van der Waals surface area contributed by atoms with E-state index in [0.29, 0.717) is 27.8 Å². The Kier molecular flexibility index (Phi) is 7.14. The molecule has 1 aliphatic rings. The summed E-state index contributed by atoms with van der Waals surface area (Å²) in [5.41, 5.74) is 1.27. The number of aromatic nitrogens is 3. The average molecular weight is 489 g/mol. The summed E-state index contributed by atoms with van der Waals surface area (Å²) in [6.07, 6.45) is 6.37. The van der Waals surface area contributed by atoms with Crippen LogP contribution in [0.5, 0.6) is 0 Å². The van der Waals surface area contributed by atoms with Crippen molar-refractivity contribution < 1.29 is 17.6 Å². The Morgan fingerprint density at radius 2 is 1.79 bits per heavy atom. The van der Waals surface area contributed by atoms with Gasteiger partial charge in [-0.25, -0.2) is 12.8 Å². The van der Waals surface area contributed by atoms with Crippen molar-refractivity contribution in [2.75, 3.05) is 16.7 Å². The molecule has 4 rings (SSSR count). The van der Waals surface area contributed by atoms with Gasteiger partial charge in [0.25, 0.3) is 0 Å². The van der Waals surface area contributed by atoms with E-state index in [9.17, 15) is 17.6 Å². The molecule has 0 aliphatic heterocycles. The Morgan fingerprint density at radius 3 is 2.45 bits per heavy atom. The van der Waals surface area contributed by atoms with Crippen LogP contribution in [0.3, 0.4) is 0 Å². The molecule has 1 heterocycles. The first kappa shape index (κ1) is 23.4. The third kappa shape index (κ3) is 5.80. The second-order valence-corrected chi connectivity index (χ2v) is 10.8. The molecule has 1 aromatic heterocycles. The van der Waals surface area contributed by atoms with Gasteiger partial charge in [0.1, 0.15) is 5.82 Å². The number of Topliss-reactive ketones (excluding diaryl/α,β-unsaturated/α-hetero) is 1. The molecule has 1 fully saturated rings. The van der Waals surface area contributed by atoms with E-state index in [2.05, 4.69) is 14.9 Å². The van der Waals surface area contributed by atoms with E-state index in [1.54, 1.807) is 42.5 Å². The number of sulfonamides is 1. The Labute approximate surface area is 196 Å². The van der Waals surface area contributed by atoms with E-state index in [1.807, 2.05) is 4.57 Å². The lowest BCUT2D eigenvalue weighted by Gasteiger charge is -2.25. The molecule has 0 spiro atoms. The molecular weight excluding hydrogens is 463 g/mol. The number of nitrogens with zero attached hydrogens (tertiary/aromatic N) is 3. The monoisotopic (exact) mass is 488 g/mol. The summed E-state index contributed by atoms with van der Waals surface area (Å²) in [7, 11) is -3.38. The largest absolute Gasteiger partial charge is 0.299 e. The smallest absolute Gasteiger partial charge is 0.229 e. The van der Waals surface area contributed by atoms with Crippen molar-refractivity contribution in [3.05, 3.63) is 59.9 Å². The van der Waals surface area contributed by atoms with Crippen molar-refractivity contribution in [1.82, 2.24) is 14.8 Å². The van der Waals surface area contributed by atoms with Crippen LogP contribution in [-0.4, -0.2) is 41.0 Å². The first-order valence-electron chi connectivity index (χ1n) is 10.8. The van der Waals surface area contributed by atoms with Gasteiger partial charge in [0, 0.05) is 17.3 Å². The minimum atomic E-state index is -3.38. The zero-order valence-corrected chi connectivity index (χ0v) is 19.8. The number of carbonyl (C=O) groups excluding carboxylic acids is 1. The molecule has 3 aromatic rings. The minimum Gasteiger partial charge on any atom is -0.299 e. The van der Waals surface area contributed by atoms with E-state index in [4.69, 9.17) is 0 Å². The second kappa shape index (κ2) is 10.0. The second-order valence-electron chi connectivity index (χ2n) is 8.11. The quantitative estimate of drug-likeness (QED) is 0.357. The first-order valence-corrected chi connectivity index (χ1v) is 13.6. The Morgan fingerprint density at radius 1 is 1.09 bits per heavy atom. The van der Waals surface area contributed by atoms with Gasteiger partial charge in [-0.3, -0.25) is 14.1 Å². The zero-order chi connectivity index (χ0) is 23.4. The van der Waals surface area contributed by atoms with Crippen molar-refractivity contribution in [3.8, 4) is 11.4 Å². The van der Waals surface area contributed by atoms with Crippen molar-refractivity contribution in [2.24, 2.45) is 0 Å². The van der Waals surface area contributed by atoms with Gasteiger partial charge >= 0.3 is 0 Å². The molecule has 0 saturated heterocycles. The number of rotatable bonds is 8. The molecule has 0 bridgehead atoms. The fraction of sp³-hybridized carbons (Fsp3) is 0.348. The number of hydrogen-bond acceptors (Lipinski definition) is 6. The Bertz CT molecular complexity index is 1240. The van der Waals surface area contributed by atoms with Crippen LogP contribution in [0, 0.1) is 5.82 Å². The van der Waals surface area contributed by atoms with E-state index in [1.165, 1.54) is 24.2 Å². The number of nitrogens with one attached hydrogen (secondary N) is 1. The predicted octanol–water partition coefficient (Wildman–Crippen LogP) is 4.94. The van der Waals surface area contributed by atoms with Crippen LogP contribution >= 0.6 is 11.8 Å². The molecule has 1 N–H and O–H groups in total. The van der Waals surface area contributed by atoms with Gasteiger partial charge < -0.3 is 0 Å². The molecule has 0 amide bonds. The van der Waals surface area contributed by atoms with E-state index < -0.39 is 10.0 Å². The number of thioether (sulfide) groups is 1. The number of halogens is 1. The normalized spacial score (nSPS) is 14.8. The van der Waals surface area contributed by atoms with Gasteiger partial charge in [0.2, 0.25) is 10.0 Å². The highest BCUT2D eigenvalue weighted by molar-refractivity contribution is 7.99. The van der Waals surface area contributed by atoms with Crippen molar-refractivity contribution in [1.29, 1.82) is 0 Å². The van der Waals surface area contributed by atoms with Crippen LogP contribution in [-0.2, 0) is 10.0 Å². The summed E-state index contributed by atoms with van der Waals surface area (Å²) in [5, 5.41) is 9.20. The zero-order valence-electron chi connectivity index (χ0n) is 18.2. The first-order chi connectivity index (χ1) is 15.8. The molecule has 1 saturated carbocycles. The van der Waals surface area contributed by atoms with Gasteiger partial charge in [-0.15, -0.1) is 10.2 Å². The summed E-state index contributed by atoms with van der Waals surface area (Å²) >= 11 is 1.29. The molecule has 174 valence electrons. The van der Waals surface area contributed by atoms with Gasteiger partial charge in [-0.2, -0.15) is 0 Å². The van der Waals surface area contributed by atoms with Gasteiger partial charge in [-0.1, -0.05) is 43.2 Å². The maximum Gasteiger partial charge on any atom is 0.229 e. The van der Waals surface area contributed by atoms with Crippen molar-refractivity contribution in [3.63, 3.8) is 0 Å². The highest BCUT2D eigenvalue weighted by Crippen LogP contribution is 2.36. The van der Waals surface area contributed by atoms with E-state index >= 15 is 0 Å². The molecule has 0 radical (unpaired) electrons.